The Labute approximate surface area is 82.5 Å². The third-order valence-electron chi connectivity index (χ3n) is 1.99. The van der Waals surface area contributed by atoms with Crippen LogP contribution in [0, 0.1) is 0 Å². The first-order valence-corrected chi connectivity index (χ1v) is 4.37. The monoisotopic (exact) mass is 186 g/mol. The molecule has 0 radical (unpaired) electrons. The summed E-state index contributed by atoms with van der Waals surface area (Å²) in [5, 5.41) is 0. The molecule has 0 unspecified atom stereocenters. The average Bonchev–Trinajstić information content (AvgIpc) is 2.44. The first-order valence-electron chi connectivity index (χ1n) is 4.37. The van der Waals surface area contributed by atoms with E-state index in [9.17, 15) is 4.79 Å². The van der Waals surface area contributed by atoms with E-state index in [1.54, 1.807) is 12.1 Å². The first kappa shape index (κ1) is 8.75. The second kappa shape index (κ2) is 3.14. The lowest BCUT2D eigenvalue weighted by Gasteiger charge is -1.96. The van der Waals surface area contributed by atoms with Crippen molar-refractivity contribution in [3.8, 4) is 0 Å². The molecule has 1 aromatic carbocycles. The summed E-state index contributed by atoms with van der Waals surface area (Å²) in [6, 6.07) is 7.34. The smallest absolute Gasteiger partial charge is 0.344 e. The van der Waals surface area contributed by atoms with E-state index in [1.807, 2.05) is 25.1 Å². The van der Waals surface area contributed by atoms with E-state index in [1.165, 1.54) is 0 Å². The molecule has 2 rings (SSSR count). The molecule has 1 heterocycles. The normalized spacial score (nSPS) is 16.6. The number of esters is 1. The molecule has 0 aliphatic carbocycles. The fraction of sp³-hybridized carbons (Fsp3) is 0.0833. The summed E-state index contributed by atoms with van der Waals surface area (Å²) in [6.07, 6.45) is 1.77. The Morgan fingerprint density at radius 2 is 2.00 bits per heavy atom. The third kappa shape index (κ3) is 1.35. The fourth-order valence-corrected chi connectivity index (χ4v) is 1.42. The van der Waals surface area contributed by atoms with E-state index >= 15 is 0 Å². The molecule has 0 saturated heterocycles. The van der Waals surface area contributed by atoms with Gasteiger partial charge in [-0.15, -0.1) is 0 Å². The van der Waals surface area contributed by atoms with Crippen LogP contribution in [0.15, 0.2) is 42.5 Å². The molecule has 0 bridgehead atoms. The van der Waals surface area contributed by atoms with Gasteiger partial charge in [-0.05, 0) is 19.1 Å². The summed E-state index contributed by atoms with van der Waals surface area (Å²) < 4.78 is 5.10. The zero-order chi connectivity index (χ0) is 10.1. The van der Waals surface area contributed by atoms with Crippen LogP contribution < -0.4 is 0 Å². The molecule has 2 heteroatoms. The zero-order valence-corrected chi connectivity index (χ0v) is 7.91. The van der Waals surface area contributed by atoms with Gasteiger partial charge in [-0.2, -0.15) is 0 Å². The highest BCUT2D eigenvalue weighted by molar-refractivity contribution is 6.03. The van der Waals surface area contributed by atoms with Crippen LogP contribution in [0.2, 0.25) is 0 Å². The Morgan fingerprint density at radius 3 is 2.64 bits per heavy atom. The molecule has 0 fully saturated rings. The lowest BCUT2D eigenvalue weighted by atomic mass is 10.1. The van der Waals surface area contributed by atoms with Crippen LogP contribution in [0.1, 0.15) is 22.8 Å². The minimum Gasteiger partial charge on any atom is -0.422 e. The van der Waals surface area contributed by atoms with Crippen LogP contribution in [0.5, 0.6) is 0 Å². The van der Waals surface area contributed by atoms with Gasteiger partial charge in [0.2, 0.25) is 0 Å². The van der Waals surface area contributed by atoms with E-state index < -0.39 is 0 Å². The van der Waals surface area contributed by atoms with E-state index in [0.29, 0.717) is 11.3 Å². The van der Waals surface area contributed by atoms with E-state index in [0.717, 1.165) is 11.1 Å². The van der Waals surface area contributed by atoms with Gasteiger partial charge in [-0.25, -0.2) is 4.79 Å². The molecule has 0 N–H and O–H groups in total. The lowest BCUT2D eigenvalue weighted by molar-refractivity contribution is 0.0716. The van der Waals surface area contributed by atoms with Crippen molar-refractivity contribution in [2.45, 2.75) is 6.92 Å². The number of carbonyl (C=O) groups excluding carboxylic acids is 1. The van der Waals surface area contributed by atoms with Gasteiger partial charge in [0.15, 0.2) is 0 Å². The molecule has 70 valence electrons. The molecule has 0 saturated carbocycles. The van der Waals surface area contributed by atoms with Crippen LogP contribution in [-0.4, -0.2) is 5.97 Å². The highest BCUT2D eigenvalue weighted by Gasteiger charge is 2.25. The number of hydrogen-bond donors (Lipinski definition) is 0. The van der Waals surface area contributed by atoms with Crippen LogP contribution in [0.25, 0.3) is 5.76 Å². The van der Waals surface area contributed by atoms with Gasteiger partial charge in [-0.3, -0.25) is 0 Å². The van der Waals surface area contributed by atoms with E-state index in [-0.39, 0.29) is 5.97 Å². The van der Waals surface area contributed by atoms with Gasteiger partial charge in [0.1, 0.15) is 5.76 Å². The number of cyclic esters (lactones) is 1. The maximum absolute atomic E-state index is 11.4. The maximum atomic E-state index is 11.4. The van der Waals surface area contributed by atoms with Gasteiger partial charge >= 0.3 is 5.97 Å². The Balaban J connectivity index is 2.54. The molecule has 2 nitrogen and oxygen atoms in total. The Hall–Kier alpha value is -1.83. The average molecular weight is 186 g/mol. The Kier molecular flexibility index (Phi) is 1.97. The molecule has 1 aromatic rings. The minimum absolute atomic E-state index is 0.284. The third-order valence-corrected chi connectivity index (χ3v) is 1.99. The van der Waals surface area contributed by atoms with Gasteiger partial charge in [0.05, 0.1) is 5.56 Å². The topological polar surface area (TPSA) is 26.3 Å². The largest absolute Gasteiger partial charge is 0.422 e. The summed E-state index contributed by atoms with van der Waals surface area (Å²) in [5.41, 5.74) is 2.34. The second-order valence-electron chi connectivity index (χ2n) is 3.29. The molecule has 0 spiro atoms. The Bertz CT molecular complexity index is 441. The molecule has 0 amide bonds. The molecule has 0 atom stereocenters. The van der Waals surface area contributed by atoms with Crippen molar-refractivity contribution in [1.29, 1.82) is 0 Å². The maximum Gasteiger partial charge on any atom is 0.344 e. The lowest BCUT2D eigenvalue weighted by Crippen LogP contribution is -1.92. The number of ether oxygens (including phenoxy) is 1. The summed E-state index contributed by atoms with van der Waals surface area (Å²) in [6.45, 7) is 5.61. The van der Waals surface area contributed by atoms with Crippen molar-refractivity contribution in [1.82, 2.24) is 0 Å². The van der Waals surface area contributed by atoms with Crippen molar-refractivity contribution in [2.75, 3.05) is 0 Å². The Morgan fingerprint density at radius 1 is 1.36 bits per heavy atom. The molecule has 1 aliphatic rings. The van der Waals surface area contributed by atoms with Crippen molar-refractivity contribution in [2.24, 2.45) is 0 Å². The van der Waals surface area contributed by atoms with Gasteiger partial charge in [0.25, 0.3) is 0 Å². The summed E-state index contributed by atoms with van der Waals surface area (Å²) in [7, 11) is 0. The number of hydrogen-bond acceptors (Lipinski definition) is 2. The van der Waals surface area contributed by atoms with Crippen LogP contribution in [-0.2, 0) is 4.74 Å². The van der Waals surface area contributed by atoms with E-state index in [2.05, 4.69) is 6.58 Å². The van der Waals surface area contributed by atoms with Crippen molar-refractivity contribution < 1.29 is 9.53 Å². The fourth-order valence-electron chi connectivity index (χ4n) is 1.42. The SMILES string of the molecule is C=C(C)/C=C1\OC(=O)c2ccccc21. The number of rotatable bonds is 1. The number of allylic oxidation sites excluding steroid dienone is 2. The number of carbonyl (C=O) groups is 1. The van der Waals surface area contributed by atoms with Gasteiger partial charge < -0.3 is 4.74 Å². The van der Waals surface area contributed by atoms with Crippen LogP contribution >= 0.6 is 0 Å². The van der Waals surface area contributed by atoms with Gasteiger partial charge in [0, 0.05) is 5.56 Å². The predicted octanol–water partition coefficient (Wildman–Crippen LogP) is 2.77. The standard InChI is InChI=1S/C12H10O2/c1-8(2)7-11-9-5-3-4-6-10(9)12(13)14-11/h3-7H,1H2,2H3/b11-7-. The highest BCUT2D eigenvalue weighted by atomic mass is 16.5. The summed E-state index contributed by atoms with van der Waals surface area (Å²) in [5.74, 6) is 0.311. The predicted molar refractivity (Wildman–Crippen MR) is 54.6 cm³/mol. The molecule has 14 heavy (non-hydrogen) atoms. The van der Waals surface area contributed by atoms with Crippen molar-refractivity contribution in [3.05, 3.63) is 53.6 Å². The number of fused-ring (bicyclic) bond motifs is 1. The van der Waals surface area contributed by atoms with Crippen LogP contribution in [0.4, 0.5) is 0 Å². The first-order chi connectivity index (χ1) is 6.68. The summed E-state index contributed by atoms with van der Waals surface area (Å²) in [4.78, 5) is 11.4. The highest BCUT2D eigenvalue weighted by Crippen LogP contribution is 2.29. The van der Waals surface area contributed by atoms with Crippen molar-refractivity contribution in [3.63, 3.8) is 0 Å². The minimum atomic E-state index is -0.284. The van der Waals surface area contributed by atoms with E-state index in [4.69, 9.17) is 4.74 Å². The van der Waals surface area contributed by atoms with Crippen molar-refractivity contribution >= 4 is 11.7 Å². The number of benzene rings is 1. The molecular formula is C12H10O2. The second-order valence-corrected chi connectivity index (χ2v) is 3.29. The zero-order valence-electron chi connectivity index (χ0n) is 7.91. The summed E-state index contributed by atoms with van der Waals surface area (Å²) >= 11 is 0. The molecular weight excluding hydrogens is 176 g/mol. The van der Waals surface area contributed by atoms with Gasteiger partial charge in [-0.1, -0.05) is 30.4 Å². The molecule has 0 aromatic heterocycles. The van der Waals surface area contributed by atoms with Crippen LogP contribution in [0.3, 0.4) is 0 Å². The molecule has 1 aliphatic heterocycles. The quantitative estimate of drug-likeness (QED) is 0.630.